The number of aromatic amines is 1. The summed E-state index contributed by atoms with van der Waals surface area (Å²) in [5.41, 5.74) is 2.45. The summed E-state index contributed by atoms with van der Waals surface area (Å²) >= 11 is 0. The molecule has 0 spiro atoms. The summed E-state index contributed by atoms with van der Waals surface area (Å²) in [6.07, 6.45) is 7.81. The Morgan fingerprint density at radius 1 is 1.25 bits per heavy atom. The fourth-order valence-electron chi connectivity index (χ4n) is 3.43. The van der Waals surface area contributed by atoms with Crippen molar-refractivity contribution in [2.24, 2.45) is 0 Å². The lowest BCUT2D eigenvalue weighted by Gasteiger charge is -2.31. The second kappa shape index (κ2) is 7.69. The number of aromatic nitrogens is 4. The number of sulfonamides is 1. The number of ether oxygens (including phenoxy) is 1. The van der Waals surface area contributed by atoms with Crippen LogP contribution in [0.25, 0.3) is 11.3 Å². The molecule has 1 N–H and O–H groups in total. The Morgan fingerprint density at radius 3 is 2.93 bits per heavy atom. The molecule has 1 aliphatic rings. The van der Waals surface area contributed by atoms with Crippen LogP contribution < -0.4 is 4.74 Å². The molecule has 1 saturated heterocycles. The Hall–Kier alpha value is -2.78. The Kier molecular flexibility index (Phi) is 5.10. The maximum Gasteiger partial charge on any atom is 0.246 e. The number of piperidine rings is 1. The zero-order valence-electron chi connectivity index (χ0n) is 15.4. The van der Waals surface area contributed by atoms with Crippen LogP contribution in [0.3, 0.4) is 0 Å². The maximum atomic E-state index is 12.8. The number of methoxy groups -OCH3 is 1. The van der Waals surface area contributed by atoms with Gasteiger partial charge in [0.2, 0.25) is 10.0 Å². The van der Waals surface area contributed by atoms with Gasteiger partial charge in [0.05, 0.1) is 30.9 Å². The van der Waals surface area contributed by atoms with Crippen molar-refractivity contribution in [1.82, 2.24) is 24.5 Å². The summed E-state index contributed by atoms with van der Waals surface area (Å²) in [5.74, 6) is 0.744. The minimum Gasteiger partial charge on any atom is -0.497 e. The van der Waals surface area contributed by atoms with Crippen LogP contribution in [0, 0.1) is 0 Å². The van der Waals surface area contributed by atoms with Gasteiger partial charge in [-0.25, -0.2) is 13.4 Å². The Bertz CT molecular complexity index is 1050. The van der Waals surface area contributed by atoms with E-state index in [0.29, 0.717) is 13.1 Å². The number of benzene rings is 1. The number of hydrogen-bond acceptors (Lipinski definition) is 6. The van der Waals surface area contributed by atoms with Gasteiger partial charge in [-0.15, -0.1) is 0 Å². The van der Waals surface area contributed by atoms with E-state index in [1.54, 1.807) is 19.5 Å². The van der Waals surface area contributed by atoms with Crippen LogP contribution in [0.1, 0.15) is 24.5 Å². The van der Waals surface area contributed by atoms with Crippen LogP contribution in [-0.4, -0.2) is 53.1 Å². The van der Waals surface area contributed by atoms with Crippen molar-refractivity contribution in [3.8, 4) is 17.0 Å². The van der Waals surface area contributed by atoms with Crippen molar-refractivity contribution in [2.45, 2.75) is 23.7 Å². The zero-order valence-corrected chi connectivity index (χ0v) is 16.3. The number of hydrogen-bond donors (Lipinski definition) is 1. The minimum absolute atomic E-state index is 0.00603. The molecule has 3 heterocycles. The van der Waals surface area contributed by atoms with Gasteiger partial charge < -0.3 is 4.74 Å². The molecule has 146 valence electrons. The van der Waals surface area contributed by atoms with Crippen molar-refractivity contribution in [2.75, 3.05) is 20.2 Å². The van der Waals surface area contributed by atoms with Gasteiger partial charge >= 0.3 is 0 Å². The maximum absolute atomic E-state index is 12.8. The molecule has 1 aliphatic heterocycles. The number of rotatable bonds is 5. The largest absolute Gasteiger partial charge is 0.497 e. The molecule has 0 amide bonds. The van der Waals surface area contributed by atoms with Gasteiger partial charge in [-0.2, -0.15) is 9.40 Å². The zero-order chi connectivity index (χ0) is 19.6. The molecule has 8 nitrogen and oxygen atoms in total. The second-order valence-corrected chi connectivity index (χ2v) is 8.64. The molecule has 0 aliphatic carbocycles. The average Bonchev–Trinajstić information content (AvgIpc) is 3.30. The highest BCUT2D eigenvalue weighted by molar-refractivity contribution is 7.89. The molecular formula is C19H21N5O3S. The molecule has 1 atom stereocenters. The number of H-pyrrole nitrogens is 1. The summed E-state index contributed by atoms with van der Waals surface area (Å²) < 4.78 is 32.4. The van der Waals surface area contributed by atoms with E-state index in [1.165, 1.54) is 16.7 Å². The van der Waals surface area contributed by atoms with Crippen LogP contribution in [0.4, 0.5) is 0 Å². The molecule has 28 heavy (non-hydrogen) atoms. The fraction of sp³-hybridized carbons (Fsp3) is 0.316. The van der Waals surface area contributed by atoms with Gasteiger partial charge in [-0.1, -0.05) is 12.1 Å². The Labute approximate surface area is 163 Å². The third-order valence-corrected chi connectivity index (χ3v) is 6.76. The molecule has 0 saturated carbocycles. The highest BCUT2D eigenvalue weighted by atomic mass is 32.2. The van der Waals surface area contributed by atoms with Gasteiger partial charge in [-0.05, 0) is 25.0 Å². The third-order valence-electron chi connectivity index (χ3n) is 4.93. The van der Waals surface area contributed by atoms with Crippen LogP contribution >= 0.6 is 0 Å². The Balaban J connectivity index is 1.59. The number of nitrogens with one attached hydrogen (secondary N) is 1. The first kappa shape index (κ1) is 18.6. The van der Waals surface area contributed by atoms with Crippen molar-refractivity contribution in [3.63, 3.8) is 0 Å². The third kappa shape index (κ3) is 3.63. The van der Waals surface area contributed by atoms with E-state index in [-0.39, 0.29) is 10.8 Å². The van der Waals surface area contributed by atoms with E-state index in [9.17, 15) is 8.42 Å². The van der Waals surface area contributed by atoms with Crippen molar-refractivity contribution >= 4 is 10.0 Å². The van der Waals surface area contributed by atoms with E-state index in [1.807, 2.05) is 24.3 Å². The van der Waals surface area contributed by atoms with Crippen LogP contribution in [0.2, 0.25) is 0 Å². The smallest absolute Gasteiger partial charge is 0.246 e. The lowest BCUT2D eigenvalue weighted by Crippen LogP contribution is -2.39. The highest BCUT2D eigenvalue weighted by Crippen LogP contribution is 2.30. The second-order valence-electron chi connectivity index (χ2n) is 6.70. The average molecular weight is 399 g/mol. The van der Waals surface area contributed by atoms with Crippen molar-refractivity contribution in [1.29, 1.82) is 0 Å². The van der Waals surface area contributed by atoms with E-state index in [0.717, 1.165) is 35.5 Å². The first-order valence-corrected chi connectivity index (χ1v) is 10.5. The molecule has 0 bridgehead atoms. The molecule has 2 aromatic heterocycles. The first-order valence-electron chi connectivity index (χ1n) is 9.03. The normalized spacial score (nSPS) is 18.1. The predicted molar refractivity (Wildman–Crippen MR) is 103 cm³/mol. The molecule has 3 aromatic rings. The molecule has 1 fully saturated rings. The van der Waals surface area contributed by atoms with Gasteiger partial charge in [0, 0.05) is 37.0 Å². The Morgan fingerprint density at radius 2 is 2.14 bits per heavy atom. The molecule has 1 unspecified atom stereocenters. The summed E-state index contributed by atoms with van der Waals surface area (Å²) in [7, 11) is -1.93. The summed E-state index contributed by atoms with van der Waals surface area (Å²) in [6.45, 7) is 0.872. The van der Waals surface area contributed by atoms with Crippen molar-refractivity contribution < 1.29 is 13.2 Å². The highest BCUT2D eigenvalue weighted by Gasteiger charge is 2.32. The van der Waals surface area contributed by atoms with E-state index < -0.39 is 10.0 Å². The molecule has 0 radical (unpaired) electrons. The topological polar surface area (TPSA) is 101 Å². The molecular weight excluding hydrogens is 378 g/mol. The summed E-state index contributed by atoms with van der Waals surface area (Å²) in [6, 6.07) is 7.64. The van der Waals surface area contributed by atoms with Crippen LogP contribution in [0.5, 0.6) is 5.75 Å². The standard InChI is InChI=1S/C19H21N5O3S/c1-27-16-6-2-4-14(8-16)18-11-20-12-19(23-18)15-5-3-7-24(13-15)28(25,26)17-9-21-22-10-17/h2,4,6,8-12,15H,3,5,7,13H2,1H3,(H,21,22). The van der Waals surface area contributed by atoms with Gasteiger partial charge in [0.15, 0.2) is 0 Å². The van der Waals surface area contributed by atoms with Gasteiger partial charge in [0.1, 0.15) is 10.6 Å². The lowest BCUT2D eigenvalue weighted by molar-refractivity contribution is 0.312. The molecule has 1 aromatic carbocycles. The number of nitrogens with zero attached hydrogens (tertiary/aromatic N) is 4. The van der Waals surface area contributed by atoms with E-state index in [4.69, 9.17) is 9.72 Å². The van der Waals surface area contributed by atoms with Gasteiger partial charge in [-0.3, -0.25) is 10.1 Å². The quantitative estimate of drug-likeness (QED) is 0.707. The predicted octanol–water partition coefficient (Wildman–Crippen LogP) is 2.44. The first-order chi connectivity index (χ1) is 13.6. The lowest BCUT2D eigenvalue weighted by atomic mass is 9.96. The van der Waals surface area contributed by atoms with E-state index in [2.05, 4.69) is 15.2 Å². The minimum atomic E-state index is -3.56. The van der Waals surface area contributed by atoms with Crippen molar-refractivity contribution in [3.05, 3.63) is 54.7 Å². The SMILES string of the molecule is COc1cccc(-c2cncc(C3CCCN(S(=O)(=O)c4cn[nH]c4)C3)n2)c1. The molecule has 9 heteroatoms. The van der Waals surface area contributed by atoms with Gasteiger partial charge in [0.25, 0.3) is 0 Å². The van der Waals surface area contributed by atoms with Crippen LogP contribution in [-0.2, 0) is 10.0 Å². The fourth-order valence-corrected chi connectivity index (χ4v) is 4.86. The summed E-state index contributed by atoms with van der Waals surface area (Å²) in [4.78, 5) is 9.29. The van der Waals surface area contributed by atoms with E-state index >= 15 is 0 Å². The molecule has 4 rings (SSSR count). The monoisotopic (exact) mass is 399 g/mol. The van der Waals surface area contributed by atoms with Crippen LogP contribution in [0.15, 0.2) is 53.9 Å². The summed E-state index contributed by atoms with van der Waals surface area (Å²) in [5, 5.41) is 6.32.